The van der Waals surface area contributed by atoms with Gasteiger partial charge in [0, 0.05) is 60.9 Å². The van der Waals surface area contributed by atoms with Crippen LogP contribution in [0.5, 0.6) is 5.75 Å². The van der Waals surface area contributed by atoms with Crippen molar-refractivity contribution in [3.63, 3.8) is 0 Å². The Morgan fingerprint density at radius 2 is 1.97 bits per heavy atom. The molecule has 1 fully saturated rings. The molecule has 5 rings (SSSR count). The lowest BCUT2D eigenvalue weighted by molar-refractivity contribution is 0.262. The maximum atomic E-state index is 14.4. The molecule has 2 aromatic heterocycles. The van der Waals surface area contributed by atoms with E-state index >= 15 is 0 Å². The van der Waals surface area contributed by atoms with Crippen LogP contribution in [0.1, 0.15) is 30.6 Å². The summed E-state index contributed by atoms with van der Waals surface area (Å²) in [6, 6.07) is 6.32. The number of aromatic nitrogens is 4. The van der Waals surface area contributed by atoms with Gasteiger partial charge in [-0.3, -0.25) is 0 Å². The Morgan fingerprint density at radius 1 is 1.15 bits per heavy atom. The van der Waals surface area contributed by atoms with Crippen LogP contribution >= 0.6 is 0 Å². The predicted molar refractivity (Wildman–Crippen MR) is 121 cm³/mol. The first kappa shape index (κ1) is 21.7. The molecule has 0 bridgehead atoms. The third-order valence-electron chi connectivity index (χ3n) is 6.17. The number of anilines is 1. The first-order valence-electron chi connectivity index (χ1n) is 10.9. The third-order valence-corrected chi connectivity index (χ3v) is 8.01. The Morgan fingerprint density at radius 3 is 2.73 bits per heavy atom. The van der Waals surface area contributed by atoms with Crippen molar-refractivity contribution in [1.82, 2.24) is 19.9 Å². The molecule has 4 heterocycles. The van der Waals surface area contributed by atoms with E-state index in [9.17, 15) is 12.8 Å². The summed E-state index contributed by atoms with van der Waals surface area (Å²) < 4.78 is 43.6. The molecule has 2 aliphatic heterocycles. The van der Waals surface area contributed by atoms with Crippen molar-refractivity contribution in [3.05, 3.63) is 59.9 Å². The van der Waals surface area contributed by atoms with E-state index in [1.807, 2.05) is 6.92 Å². The number of sulfone groups is 1. The van der Waals surface area contributed by atoms with Crippen LogP contribution < -0.4 is 9.64 Å². The molecule has 0 amide bonds. The Hall–Kier alpha value is -3.14. The van der Waals surface area contributed by atoms with Gasteiger partial charge in [-0.2, -0.15) is 0 Å². The van der Waals surface area contributed by atoms with E-state index in [0.29, 0.717) is 42.5 Å². The van der Waals surface area contributed by atoms with Crippen molar-refractivity contribution in [2.45, 2.75) is 25.8 Å². The number of rotatable bonds is 5. The molecule has 3 aromatic rings. The largest absolute Gasteiger partial charge is 0.493 e. The van der Waals surface area contributed by atoms with Crippen molar-refractivity contribution in [2.75, 3.05) is 29.6 Å². The van der Waals surface area contributed by atoms with Gasteiger partial charge in [0.1, 0.15) is 11.6 Å². The first-order chi connectivity index (χ1) is 15.9. The van der Waals surface area contributed by atoms with E-state index in [1.54, 1.807) is 30.7 Å². The summed E-state index contributed by atoms with van der Waals surface area (Å²) in [5.41, 5.74) is 2.62. The Bertz CT molecular complexity index is 1270. The van der Waals surface area contributed by atoms with Crippen LogP contribution in [0.15, 0.2) is 42.9 Å². The lowest BCUT2D eigenvalue weighted by atomic mass is 9.98. The van der Waals surface area contributed by atoms with E-state index in [1.165, 1.54) is 12.1 Å². The topological polar surface area (TPSA) is 98.2 Å². The molecule has 2 unspecified atom stereocenters. The molecule has 1 saturated heterocycles. The van der Waals surface area contributed by atoms with Gasteiger partial charge in [0.05, 0.1) is 29.8 Å². The van der Waals surface area contributed by atoms with E-state index in [-0.39, 0.29) is 30.1 Å². The molecule has 10 heteroatoms. The second kappa shape index (κ2) is 8.66. The van der Waals surface area contributed by atoms with Crippen molar-refractivity contribution in [2.24, 2.45) is 5.92 Å². The molecule has 0 radical (unpaired) electrons. The molecule has 8 nitrogen and oxygen atoms in total. The second-order valence-corrected chi connectivity index (χ2v) is 10.7. The predicted octanol–water partition coefficient (Wildman–Crippen LogP) is 3.01. The molecule has 1 aromatic carbocycles. The van der Waals surface area contributed by atoms with Crippen molar-refractivity contribution < 1.29 is 17.5 Å². The SMILES string of the molecule is CC1c2cnc(-c3ncccn3)nc2CCN1c1cc(F)cc(OCC2CCS(=O)(=O)C2)c1. The van der Waals surface area contributed by atoms with Crippen LogP contribution in [0.3, 0.4) is 0 Å². The van der Waals surface area contributed by atoms with Gasteiger partial charge < -0.3 is 9.64 Å². The number of hydrogen-bond acceptors (Lipinski definition) is 8. The molecular weight excluding hydrogens is 445 g/mol. The summed E-state index contributed by atoms with van der Waals surface area (Å²) in [7, 11) is -2.97. The summed E-state index contributed by atoms with van der Waals surface area (Å²) in [6.45, 7) is 2.96. The molecule has 33 heavy (non-hydrogen) atoms. The number of nitrogens with zero attached hydrogens (tertiary/aromatic N) is 5. The highest BCUT2D eigenvalue weighted by Gasteiger charge is 2.29. The zero-order valence-corrected chi connectivity index (χ0v) is 19.0. The maximum Gasteiger partial charge on any atom is 0.197 e. The number of fused-ring (bicyclic) bond motifs is 1. The molecule has 2 aliphatic rings. The average Bonchev–Trinajstić information content (AvgIpc) is 3.16. The monoisotopic (exact) mass is 469 g/mol. The molecule has 0 aliphatic carbocycles. The normalized spacial score (nSPS) is 21.6. The van der Waals surface area contributed by atoms with Gasteiger partial charge in [-0.05, 0) is 25.5 Å². The van der Waals surface area contributed by atoms with E-state index in [2.05, 4.69) is 24.8 Å². The highest BCUT2D eigenvalue weighted by atomic mass is 32.2. The fourth-order valence-corrected chi connectivity index (χ4v) is 6.29. The minimum Gasteiger partial charge on any atom is -0.493 e. The van der Waals surface area contributed by atoms with Crippen LogP contribution in [0.4, 0.5) is 10.1 Å². The zero-order valence-electron chi connectivity index (χ0n) is 18.2. The Labute approximate surface area is 191 Å². The molecule has 2 atom stereocenters. The van der Waals surface area contributed by atoms with Gasteiger partial charge in [0.15, 0.2) is 21.5 Å². The summed E-state index contributed by atoms with van der Waals surface area (Å²) in [5.74, 6) is 1.25. The van der Waals surface area contributed by atoms with E-state index < -0.39 is 15.7 Å². The summed E-state index contributed by atoms with van der Waals surface area (Å²) in [5, 5.41) is 0. The van der Waals surface area contributed by atoms with Gasteiger partial charge in [0.2, 0.25) is 0 Å². The molecular formula is C23H24FN5O3S. The molecule has 0 spiro atoms. The Kier molecular flexibility index (Phi) is 5.69. The summed E-state index contributed by atoms with van der Waals surface area (Å²) >= 11 is 0. The smallest absolute Gasteiger partial charge is 0.197 e. The fraction of sp³-hybridized carbons (Fsp3) is 0.391. The fourth-order valence-electron chi connectivity index (χ4n) is 4.45. The van der Waals surface area contributed by atoms with Crippen LogP contribution in [0.25, 0.3) is 11.6 Å². The van der Waals surface area contributed by atoms with Gasteiger partial charge in [0.25, 0.3) is 0 Å². The minimum absolute atomic E-state index is 0.0533. The van der Waals surface area contributed by atoms with Crippen LogP contribution in [0.2, 0.25) is 0 Å². The van der Waals surface area contributed by atoms with E-state index in [4.69, 9.17) is 4.74 Å². The lowest BCUT2D eigenvalue weighted by Gasteiger charge is -2.36. The van der Waals surface area contributed by atoms with Gasteiger partial charge in [-0.15, -0.1) is 0 Å². The minimum atomic E-state index is -2.97. The highest BCUT2D eigenvalue weighted by Crippen LogP contribution is 2.35. The van der Waals surface area contributed by atoms with Crippen molar-refractivity contribution in [3.8, 4) is 17.4 Å². The highest BCUT2D eigenvalue weighted by molar-refractivity contribution is 7.91. The van der Waals surface area contributed by atoms with Crippen molar-refractivity contribution >= 4 is 15.5 Å². The van der Waals surface area contributed by atoms with E-state index in [0.717, 1.165) is 11.3 Å². The third kappa shape index (κ3) is 4.66. The zero-order chi connectivity index (χ0) is 23.0. The summed E-state index contributed by atoms with van der Waals surface area (Å²) in [6.07, 6.45) is 6.37. The van der Waals surface area contributed by atoms with Crippen molar-refractivity contribution in [1.29, 1.82) is 0 Å². The van der Waals surface area contributed by atoms with Crippen LogP contribution in [-0.4, -0.2) is 53.0 Å². The van der Waals surface area contributed by atoms with Crippen LogP contribution in [-0.2, 0) is 16.3 Å². The van der Waals surface area contributed by atoms with Gasteiger partial charge >= 0.3 is 0 Å². The molecule has 172 valence electrons. The molecule has 0 N–H and O–H groups in total. The number of halogens is 1. The lowest BCUT2D eigenvalue weighted by Crippen LogP contribution is -2.34. The quantitative estimate of drug-likeness (QED) is 0.563. The number of ether oxygens (including phenoxy) is 1. The standard InChI is InChI=1S/C23H24FN5O3S/c1-15-20-12-27-23(22-25-5-2-6-26-22)28-21(20)3-7-29(15)18-9-17(24)10-19(11-18)32-13-16-4-8-33(30,31)14-16/h2,5-6,9-12,15-16H,3-4,7-8,13-14H2,1H3. The average molecular weight is 470 g/mol. The molecule has 0 saturated carbocycles. The Balaban J connectivity index is 1.34. The number of hydrogen-bond donors (Lipinski definition) is 0. The number of benzene rings is 1. The van der Waals surface area contributed by atoms with Gasteiger partial charge in [-0.25, -0.2) is 32.7 Å². The summed E-state index contributed by atoms with van der Waals surface area (Å²) in [4.78, 5) is 19.7. The first-order valence-corrected chi connectivity index (χ1v) is 12.7. The maximum absolute atomic E-state index is 14.4. The second-order valence-electron chi connectivity index (χ2n) is 8.51. The van der Waals surface area contributed by atoms with Crippen LogP contribution in [0, 0.1) is 11.7 Å². The van der Waals surface area contributed by atoms with Gasteiger partial charge in [-0.1, -0.05) is 0 Å².